The van der Waals surface area contributed by atoms with Gasteiger partial charge in [0.1, 0.15) is 0 Å². The fourth-order valence-corrected chi connectivity index (χ4v) is 5.84. The van der Waals surface area contributed by atoms with Crippen LogP contribution in [-0.4, -0.2) is 67.0 Å². The van der Waals surface area contributed by atoms with Gasteiger partial charge < -0.3 is 14.6 Å². The van der Waals surface area contributed by atoms with E-state index in [1.54, 1.807) is 24.3 Å². The molecule has 2 aliphatic heterocycles. The first kappa shape index (κ1) is 22.0. The minimum Gasteiger partial charge on any atom is -0.379 e. The molecule has 1 aromatic heterocycles. The van der Waals surface area contributed by atoms with Gasteiger partial charge in [0.2, 0.25) is 15.9 Å². The van der Waals surface area contributed by atoms with Gasteiger partial charge in [-0.2, -0.15) is 4.31 Å². The fourth-order valence-electron chi connectivity index (χ4n) is 4.43. The Labute approximate surface area is 183 Å². The molecule has 9 heteroatoms. The van der Waals surface area contributed by atoms with E-state index in [1.165, 1.54) is 10.00 Å². The molecular weight excluding hydrogens is 416 g/mol. The molecule has 2 fully saturated rings. The number of nitrogens with one attached hydrogen (secondary N) is 1. The van der Waals surface area contributed by atoms with Crippen LogP contribution in [0.4, 0.5) is 5.69 Å². The Morgan fingerprint density at radius 1 is 1.13 bits per heavy atom. The summed E-state index contributed by atoms with van der Waals surface area (Å²) in [6, 6.07) is 10.5. The number of benzene rings is 1. The van der Waals surface area contributed by atoms with Crippen LogP contribution in [0.5, 0.6) is 0 Å². The van der Waals surface area contributed by atoms with Crippen molar-refractivity contribution in [3.63, 3.8) is 0 Å². The third-order valence-corrected chi connectivity index (χ3v) is 8.14. The highest BCUT2D eigenvalue weighted by Crippen LogP contribution is 2.33. The molecule has 2 atom stereocenters. The van der Waals surface area contributed by atoms with Crippen molar-refractivity contribution < 1.29 is 17.9 Å². The van der Waals surface area contributed by atoms with Crippen molar-refractivity contribution in [3.05, 3.63) is 48.3 Å². The van der Waals surface area contributed by atoms with Gasteiger partial charge in [-0.1, -0.05) is 0 Å². The first-order valence-electron chi connectivity index (χ1n) is 10.7. The molecule has 31 heavy (non-hydrogen) atoms. The molecule has 0 radical (unpaired) electrons. The van der Waals surface area contributed by atoms with Gasteiger partial charge >= 0.3 is 0 Å². The molecular formula is C22H30N4O4S. The quantitative estimate of drug-likeness (QED) is 0.736. The van der Waals surface area contributed by atoms with Crippen LogP contribution in [-0.2, 0) is 26.6 Å². The number of anilines is 1. The normalized spacial score (nSPS) is 21.8. The molecule has 0 aliphatic carbocycles. The third-order valence-electron chi connectivity index (χ3n) is 6.23. The van der Waals surface area contributed by atoms with Crippen molar-refractivity contribution >= 4 is 21.6 Å². The van der Waals surface area contributed by atoms with Crippen molar-refractivity contribution in [1.29, 1.82) is 0 Å². The Morgan fingerprint density at radius 2 is 1.84 bits per heavy atom. The second-order valence-electron chi connectivity index (χ2n) is 8.15. The molecule has 1 amide bonds. The maximum Gasteiger partial charge on any atom is 0.243 e. The van der Waals surface area contributed by atoms with Crippen molar-refractivity contribution in [1.82, 2.24) is 13.8 Å². The van der Waals surface area contributed by atoms with Crippen LogP contribution in [0.25, 0.3) is 0 Å². The molecule has 4 rings (SSSR count). The number of carbonyl (C=O) groups excluding carboxylic acids is 1. The Morgan fingerprint density at radius 3 is 2.48 bits per heavy atom. The Bertz CT molecular complexity index is 1010. The molecule has 0 bridgehead atoms. The molecule has 2 aliphatic rings. The van der Waals surface area contributed by atoms with Crippen molar-refractivity contribution in [2.45, 2.75) is 36.7 Å². The number of likely N-dealkylation sites (tertiary alicyclic amines) is 1. The Balaban J connectivity index is 1.42. The molecule has 8 nitrogen and oxygen atoms in total. The summed E-state index contributed by atoms with van der Waals surface area (Å²) in [4.78, 5) is 15.4. The van der Waals surface area contributed by atoms with E-state index in [0.717, 1.165) is 19.4 Å². The second kappa shape index (κ2) is 9.12. The van der Waals surface area contributed by atoms with Gasteiger partial charge in [-0.3, -0.25) is 9.69 Å². The second-order valence-corrected chi connectivity index (χ2v) is 10.1. The number of nitrogens with zero attached hydrogens (tertiary/aromatic N) is 3. The highest BCUT2D eigenvalue weighted by molar-refractivity contribution is 7.89. The van der Waals surface area contributed by atoms with E-state index in [-0.39, 0.29) is 22.9 Å². The zero-order valence-corrected chi connectivity index (χ0v) is 18.8. The lowest BCUT2D eigenvalue weighted by atomic mass is 10.1. The van der Waals surface area contributed by atoms with E-state index in [4.69, 9.17) is 4.74 Å². The van der Waals surface area contributed by atoms with Crippen LogP contribution < -0.4 is 5.32 Å². The first-order valence-corrected chi connectivity index (χ1v) is 12.2. The Kier molecular flexibility index (Phi) is 6.47. The number of amides is 1. The molecule has 1 aromatic carbocycles. The number of hydrogen-bond donors (Lipinski definition) is 1. The van der Waals surface area contributed by atoms with Gasteiger partial charge in [-0.05, 0) is 62.7 Å². The lowest BCUT2D eigenvalue weighted by Gasteiger charge is -2.30. The number of hydrogen-bond acceptors (Lipinski definition) is 5. The van der Waals surface area contributed by atoms with Gasteiger partial charge in [0.05, 0.1) is 30.2 Å². The third kappa shape index (κ3) is 4.55. The summed E-state index contributed by atoms with van der Waals surface area (Å²) in [6.45, 7) is 4.33. The number of aromatic nitrogens is 1. The maximum absolute atomic E-state index is 12.9. The van der Waals surface area contributed by atoms with Crippen LogP contribution in [0, 0.1) is 0 Å². The first-order chi connectivity index (χ1) is 14.9. The standard InChI is InChI=1S/C22H30N4O4S/c1-17(26-12-4-6-21(26)20-5-3-11-24(20)2)22(27)23-18-7-9-19(10-8-18)31(28,29)25-13-15-30-16-14-25/h3,5,7-11,17,21H,4,6,12-16H2,1-2H3,(H,23,27)/t17-,21-/m0/s1. The average molecular weight is 447 g/mol. The molecule has 3 heterocycles. The summed E-state index contributed by atoms with van der Waals surface area (Å²) in [7, 11) is -1.51. The van der Waals surface area contributed by atoms with Gasteiger partial charge in [-0.15, -0.1) is 0 Å². The minimum absolute atomic E-state index is 0.0927. The van der Waals surface area contributed by atoms with Crippen molar-refractivity contribution in [2.75, 3.05) is 38.2 Å². The SMILES string of the molecule is C[C@@H](C(=O)Nc1ccc(S(=O)(=O)N2CCOCC2)cc1)N1CCC[C@H]1c1cccn1C. The largest absolute Gasteiger partial charge is 0.379 e. The number of rotatable bonds is 6. The fraction of sp³-hybridized carbons (Fsp3) is 0.500. The van der Waals surface area contributed by atoms with Gasteiger partial charge in [0.15, 0.2) is 0 Å². The molecule has 0 unspecified atom stereocenters. The average Bonchev–Trinajstić information content (AvgIpc) is 3.42. The van der Waals surface area contributed by atoms with Crippen LogP contribution in [0.3, 0.4) is 0 Å². The highest BCUT2D eigenvalue weighted by Gasteiger charge is 2.34. The minimum atomic E-state index is -3.54. The van der Waals surface area contributed by atoms with E-state index in [1.807, 2.05) is 26.2 Å². The summed E-state index contributed by atoms with van der Waals surface area (Å²) in [5.41, 5.74) is 1.81. The van der Waals surface area contributed by atoms with E-state index in [2.05, 4.69) is 20.9 Å². The Hall–Kier alpha value is -2.20. The number of morpholine rings is 1. The van der Waals surface area contributed by atoms with E-state index in [9.17, 15) is 13.2 Å². The maximum atomic E-state index is 12.9. The molecule has 2 saturated heterocycles. The molecule has 0 saturated carbocycles. The summed E-state index contributed by atoms with van der Waals surface area (Å²) in [5, 5.41) is 2.94. The molecule has 2 aromatic rings. The van der Waals surface area contributed by atoms with Crippen LogP contribution in [0.1, 0.15) is 31.5 Å². The van der Waals surface area contributed by atoms with Crippen molar-refractivity contribution in [2.24, 2.45) is 7.05 Å². The van der Waals surface area contributed by atoms with E-state index >= 15 is 0 Å². The molecule has 0 spiro atoms. The molecule has 168 valence electrons. The summed E-state index contributed by atoms with van der Waals surface area (Å²) < 4.78 is 34.3. The zero-order valence-electron chi connectivity index (χ0n) is 18.0. The van der Waals surface area contributed by atoms with Gasteiger partial charge in [0, 0.05) is 37.7 Å². The number of ether oxygens (including phenoxy) is 1. The lowest BCUT2D eigenvalue weighted by molar-refractivity contribution is -0.121. The van der Waals surface area contributed by atoms with Crippen LogP contribution in [0.2, 0.25) is 0 Å². The molecule has 1 N–H and O–H groups in total. The zero-order chi connectivity index (χ0) is 22.0. The predicted molar refractivity (Wildman–Crippen MR) is 118 cm³/mol. The number of aryl methyl sites for hydroxylation is 1. The van der Waals surface area contributed by atoms with Gasteiger partial charge in [0.25, 0.3) is 0 Å². The predicted octanol–water partition coefficient (Wildman–Crippen LogP) is 2.21. The topological polar surface area (TPSA) is 83.9 Å². The smallest absolute Gasteiger partial charge is 0.243 e. The number of carbonyl (C=O) groups is 1. The highest BCUT2D eigenvalue weighted by atomic mass is 32.2. The lowest BCUT2D eigenvalue weighted by Crippen LogP contribution is -2.42. The summed E-state index contributed by atoms with van der Waals surface area (Å²) in [5.74, 6) is -0.0927. The number of sulfonamides is 1. The van der Waals surface area contributed by atoms with E-state index < -0.39 is 10.0 Å². The van der Waals surface area contributed by atoms with Crippen molar-refractivity contribution in [3.8, 4) is 0 Å². The van der Waals surface area contributed by atoms with Crippen LogP contribution >= 0.6 is 0 Å². The van der Waals surface area contributed by atoms with E-state index in [0.29, 0.717) is 32.0 Å². The van der Waals surface area contributed by atoms with Crippen LogP contribution in [0.15, 0.2) is 47.5 Å². The van der Waals surface area contributed by atoms with Gasteiger partial charge in [-0.25, -0.2) is 8.42 Å². The summed E-state index contributed by atoms with van der Waals surface area (Å²) in [6.07, 6.45) is 4.12. The monoisotopic (exact) mass is 446 g/mol. The summed E-state index contributed by atoms with van der Waals surface area (Å²) >= 11 is 0.